The fourth-order valence-corrected chi connectivity index (χ4v) is 1.77. The highest BCUT2D eigenvalue weighted by Gasteiger charge is 2.21. The predicted molar refractivity (Wildman–Crippen MR) is 72.9 cm³/mol. The summed E-state index contributed by atoms with van der Waals surface area (Å²) in [5.74, 6) is -1.63. The Balaban J connectivity index is 2.93. The maximum Gasteiger partial charge on any atom is 0.312 e. The molecule has 0 aliphatic heterocycles. The van der Waals surface area contributed by atoms with E-state index < -0.39 is 28.4 Å². The summed E-state index contributed by atoms with van der Waals surface area (Å²) in [6, 6.07) is 1.06. The van der Waals surface area contributed by atoms with Gasteiger partial charge in [0.1, 0.15) is 18.5 Å². The molecule has 0 bridgehead atoms. The number of benzene rings is 1. The van der Waals surface area contributed by atoms with Crippen LogP contribution in [0, 0.1) is 15.9 Å². The third kappa shape index (κ3) is 4.14. The number of likely N-dealkylation sites (N-methyl/N-ethyl adjacent to an activating group) is 1. The molecule has 0 aliphatic carbocycles. The average Bonchev–Trinajstić information content (AvgIpc) is 2.37. The zero-order chi connectivity index (χ0) is 15.3. The summed E-state index contributed by atoms with van der Waals surface area (Å²) < 4.78 is 18.5. The third-order valence-electron chi connectivity index (χ3n) is 2.40. The first-order valence-corrected chi connectivity index (χ1v) is 6.45. The van der Waals surface area contributed by atoms with Gasteiger partial charge in [-0.1, -0.05) is 6.92 Å². The summed E-state index contributed by atoms with van der Waals surface area (Å²) in [6.07, 6.45) is 0. The second kappa shape index (κ2) is 7.15. The molecule has 9 heteroatoms. The summed E-state index contributed by atoms with van der Waals surface area (Å²) in [4.78, 5) is 21.3. The van der Waals surface area contributed by atoms with Crippen molar-refractivity contribution in [3.63, 3.8) is 0 Å². The highest BCUT2D eigenvalue weighted by atomic mass is 79.9. The van der Waals surface area contributed by atoms with E-state index >= 15 is 0 Å². The van der Waals surface area contributed by atoms with E-state index in [4.69, 9.17) is 10.5 Å². The van der Waals surface area contributed by atoms with E-state index in [0.717, 1.165) is 12.1 Å². The lowest BCUT2D eigenvalue weighted by Gasteiger charge is -2.15. The van der Waals surface area contributed by atoms with Crippen molar-refractivity contribution in [2.24, 2.45) is 5.73 Å². The third-order valence-corrected chi connectivity index (χ3v) is 3.01. The number of primary amides is 1. The Morgan fingerprint density at radius 2 is 2.30 bits per heavy atom. The average molecular weight is 350 g/mol. The van der Waals surface area contributed by atoms with Crippen molar-refractivity contribution in [1.82, 2.24) is 5.32 Å². The van der Waals surface area contributed by atoms with E-state index in [1.807, 2.05) is 0 Å². The quantitative estimate of drug-likeness (QED) is 0.570. The maximum atomic E-state index is 13.4. The number of nitro groups is 1. The molecule has 110 valence electrons. The number of halogens is 2. The van der Waals surface area contributed by atoms with E-state index in [-0.39, 0.29) is 16.8 Å². The zero-order valence-electron chi connectivity index (χ0n) is 10.6. The van der Waals surface area contributed by atoms with E-state index in [9.17, 15) is 19.3 Å². The lowest BCUT2D eigenvalue weighted by molar-refractivity contribution is -0.386. The van der Waals surface area contributed by atoms with Gasteiger partial charge in [-0.05, 0) is 22.5 Å². The van der Waals surface area contributed by atoms with Crippen molar-refractivity contribution in [1.29, 1.82) is 0 Å². The minimum absolute atomic E-state index is 0.0466. The van der Waals surface area contributed by atoms with Crippen LogP contribution in [0.5, 0.6) is 5.75 Å². The van der Waals surface area contributed by atoms with Crippen LogP contribution in [-0.4, -0.2) is 30.0 Å². The van der Waals surface area contributed by atoms with Gasteiger partial charge in [-0.25, -0.2) is 4.39 Å². The molecule has 0 saturated carbocycles. The first kappa shape index (κ1) is 16.3. The fraction of sp³-hybridized carbons (Fsp3) is 0.364. The summed E-state index contributed by atoms with van der Waals surface area (Å²) in [5, 5.41) is 13.6. The molecule has 0 fully saturated rings. The van der Waals surface area contributed by atoms with Crippen LogP contribution in [0.2, 0.25) is 0 Å². The molecule has 1 atom stereocenters. The SMILES string of the molecule is CCNC(COc1cc(F)c(Br)cc1[N+](=O)[O-])C(N)=O. The van der Waals surface area contributed by atoms with E-state index in [1.54, 1.807) is 6.92 Å². The lowest BCUT2D eigenvalue weighted by Crippen LogP contribution is -2.45. The van der Waals surface area contributed by atoms with Gasteiger partial charge in [-0.2, -0.15) is 0 Å². The largest absolute Gasteiger partial charge is 0.485 e. The molecule has 1 aromatic carbocycles. The lowest BCUT2D eigenvalue weighted by atomic mass is 10.2. The summed E-state index contributed by atoms with van der Waals surface area (Å²) in [6.45, 7) is 2.00. The molecule has 1 aromatic rings. The number of carbonyl (C=O) groups is 1. The molecular formula is C11H13BrFN3O4. The standard InChI is InChI=1S/C11H13BrFN3O4/c1-2-15-8(11(14)17)5-20-10-4-7(13)6(12)3-9(10)16(18)19/h3-4,8,15H,2,5H2,1H3,(H2,14,17). The Kier molecular flexibility index (Phi) is 5.83. The molecule has 0 aromatic heterocycles. The Morgan fingerprint density at radius 3 is 2.80 bits per heavy atom. The molecule has 7 nitrogen and oxygen atoms in total. The molecule has 1 rings (SSSR count). The molecule has 0 saturated heterocycles. The van der Waals surface area contributed by atoms with Crippen LogP contribution in [0.3, 0.4) is 0 Å². The van der Waals surface area contributed by atoms with Crippen LogP contribution in [-0.2, 0) is 4.79 Å². The van der Waals surface area contributed by atoms with Crippen molar-refractivity contribution in [3.8, 4) is 5.75 Å². The maximum absolute atomic E-state index is 13.4. The number of hydrogen-bond donors (Lipinski definition) is 2. The molecule has 0 aliphatic rings. The van der Waals surface area contributed by atoms with Gasteiger partial charge in [-0.15, -0.1) is 0 Å². The number of nitrogens with one attached hydrogen (secondary N) is 1. The number of hydrogen-bond acceptors (Lipinski definition) is 5. The van der Waals surface area contributed by atoms with Gasteiger partial charge in [-0.3, -0.25) is 14.9 Å². The highest BCUT2D eigenvalue weighted by Crippen LogP contribution is 2.32. The van der Waals surface area contributed by atoms with Crippen molar-refractivity contribution < 1.29 is 18.8 Å². The number of nitrogens with two attached hydrogens (primary N) is 1. The molecule has 0 heterocycles. The monoisotopic (exact) mass is 349 g/mol. The van der Waals surface area contributed by atoms with Crippen LogP contribution in [0.1, 0.15) is 6.92 Å². The van der Waals surface area contributed by atoms with Crippen molar-refractivity contribution in [2.45, 2.75) is 13.0 Å². The van der Waals surface area contributed by atoms with Gasteiger partial charge < -0.3 is 15.8 Å². The van der Waals surface area contributed by atoms with Crippen molar-refractivity contribution in [3.05, 3.63) is 32.5 Å². The number of carbonyl (C=O) groups excluding carboxylic acids is 1. The molecule has 1 amide bonds. The number of ether oxygens (including phenoxy) is 1. The zero-order valence-corrected chi connectivity index (χ0v) is 12.1. The number of nitro benzene ring substituents is 1. The summed E-state index contributed by atoms with van der Waals surface area (Å²) in [5.41, 5.74) is 4.74. The second-order valence-electron chi connectivity index (χ2n) is 3.81. The van der Waals surface area contributed by atoms with Crippen molar-refractivity contribution >= 4 is 27.5 Å². The van der Waals surface area contributed by atoms with Gasteiger partial charge in [0.15, 0.2) is 5.75 Å². The predicted octanol–water partition coefficient (Wildman–Crippen LogP) is 1.34. The van der Waals surface area contributed by atoms with Crippen LogP contribution < -0.4 is 15.8 Å². The number of amides is 1. The second-order valence-corrected chi connectivity index (χ2v) is 4.67. The van der Waals surface area contributed by atoms with Crippen LogP contribution in [0.4, 0.5) is 10.1 Å². The van der Waals surface area contributed by atoms with Crippen molar-refractivity contribution in [2.75, 3.05) is 13.2 Å². The Labute approximate surface area is 122 Å². The molecule has 0 radical (unpaired) electrons. The Morgan fingerprint density at radius 1 is 1.65 bits per heavy atom. The van der Waals surface area contributed by atoms with Crippen LogP contribution >= 0.6 is 15.9 Å². The first-order chi connectivity index (χ1) is 9.36. The van der Waals surface area contributed by atoms with Gasteiger partial charge in [0.25, 0.3) is 0 Å². The molecule has 20 heavy (non-hydrogen) atoms. The first-order valence-electron chi connectivity index (χ1n) is 5.65. The Bertz CT molecular complexity index is 527. The highest BCUT2D eigenvalue weighted by molar-refractivity contribution is 9.10. The molecule has 1 unspecified atom stereocenters. The van der Waals surface area contributed by atoms with E-state index in [2.05, 4.69) is 21.2 Å². The summed E-state index contributed by atoms with van der Waals surface area (Å²) in [7, 11) is 0. The Hall–Kier alpha value is -1.74. The molecule has 3 N–H and O–H groups in total. The minimum atomic E-state index is -0.814. The number of nitrogens with zero attached hydrogens (tertiary/aromatic N) is 1. The normalized spacial score (nSPS) is 11.9. The molecule has 0 spiro atoms. The molecular weight excluding hydrogens is 337 g/mol. The van der Waals surface area contributed by atoms with Gasteiger partial charge in [0.05, 0.1) is 9.40 Å². The smallest absolute Gasteiger partial charge is 0.312 e. The van der Waals surface area contributed by atoms with Gasteiger partial charge >= 0.3 is 5.69 Å². The number of rotatable bonds is 7. The topological polar surface area (TPSA) is 107 Å². The van der Waals surface area contributed by atoms with E-state index in [0.29, 0.717) is 6.54 Å². The van der Waals surface area contributed by atoms with Crippen LogP contribution in [0.15, 0.2) is 16.6 Å². The van der Waals surface area contributed by atoms with E-state index in [1.165, 1.54) is 0 Å². The fourth-order valence-electron chi connectivity index (χ4n) is 1.44. The van der Waals surface area contributed by atoms with Gasteiger partial charge in [0, 0.05) is 12.1 Å². The minimum Gasteiger partial charge on any atom is -0.485 e. The summed E-state index contributed by atoms with van der Waals surface area (Å²) >= 11 is 2.86. The van der Waals surface area contributed by atoms with Crippen LogP contribution in [0.25, 0.3) is 0 Å². The van der Waals surface area contributed by atoms with Gasteiger partial charge in [0.2, 0.25) is 5.91 Å².